The number of aldehydes is 1. The molecule has 0 radical (unpaired) electrons. The first kappa shape index (κ1) is 10.3. The molecule has 2 heteroatoms. The number of aryl methyl sites for hydroxylation is 1. The van der Waals surface area contributed by atoms with Crippen LogP contribution >= 0.6 is 11.6 Å². The summed E-state index contributed by atoms with van der Waals surface area (Å²) in [5.74, 6) is 0. The Morgan fingerprint density at radius 3 is 2.62 bits per heavy atom. The van der Waals surface area contributed by atoms with Crippen LogP contribution < -0.4 is 0 Å². The van der Waals surface area contributed by atoms with Gasteiger partial charge in [0.2, 0.25) is 0 Å². The number of carbonyl (C=O) groups excluding carboxylic acids is 1. The van der Waals surface area contributed by atoms with Crippen LogP contribution in [0.1, 0.15) is 18.4 Å². The fraction of sp³-hybridized carbons (Fsp3) is 0.364. The molecule has 0 aromatic heterocycles. The van der Waals surface area contributed by atoms with E-state index in [2.05, 4.69) is 12.1 Å². The van der Waals surface area contributed by atoms with Crippen molar-refractivity contribution in [3.63, 3.8) is 0 Å². The minimum absolute atomic E-state index is 0.316. The molecular weight excluding hydrogens is 184 g/mol. The molecule has 1 rings (SSSR count). The van der Waals surface area contributed by atoms with Crippen LogP contribution in [0.4, 0.5) is 0 Å². The Bertz CT molecular complexity index is 246. The van der Waals surface area contributed by atoms with E-state index < -0.39 is 0 Å². The largest absolute Gasteiger partial charge is 0.302 e. The average molecular weight is 197 g/mol. The fourth-order valence-electron chi connectivity index (χ4n) is 1.21. The molecule has 0 amide bonds. The Morgan fingerprint density at radius 1 is 1.31 bits per heavy atom. The zero-order chi connectivity index (χ0) is 9.52. The highest BCUT2D eigenvalue weighted by Crippen LogP contribution is 2.08. The molecule has 13 heavy (non-hydrogen) atoms. The van der Waals surface area contributed by atoms with E-state index >= 15 is 0 Å². The Kier molecular flexibility index (Phi) is 4.55. The first-order valence-corrected chi connectivity index (χ1v) is 4.90. The first-order valence-electron chi connectivity index (χ1n) is 4.46. The second-order valence-electron chi connectivity index (χ2n) is 3.03. The third-order valence-corrected chi connectivity index (χ3v) is 2.26. The lowest BCUT2D eigenvalue weighted by Crippen LogP contribution is -1.99. The van der Waals surface area contributed by atoms with Crippen LogP contribution in [-0.4, -0.2) is 11.7 Å². The molecule has 1 unspecified atom stereocenters. The Labute approximate surface area is 83.7 Å². The fourth-order valence-corrected chi connectivity index (χ4v) is 1.37. The lowest BCUT2D eigenvalue weighted by molar-refractivity contribution is -0.107. The van der Waals surface area contributed by atoms with Crippen molar-refractivity contribution in [2.24, 2.45) is 0 Å². The van der Waals surface area contributed by atoms with Crippen LogP contribution in [0, 0.1) is 0 Å². The third kappa shape index (κ3) is 4.09. The second-order valence-corrected chi connectivity index (χ2v) is 3.59. The van der Waals surface area contributed by atoms with Gasteiger partial charge in [-0.2, -0.15) is 0 Å². The van der Waals surface area contributed by atoms with Crippen LogP contribution in [0.5, 0.6) is 0 Å². The highest BCUT2D eigenvalue weighted by Gasteiger charge is 2.01. The molecule has 1 nitrogen and oxygen atoms in total. The molecule has 1 aromatic rings. The number of hydrogen-bond donors (Lipinski definition) is 0. The number of hydrogen-bond acceptors (Lipinski definition) is 1. The van der Waals surface area contributed by atoms with Gasteiger partial charge in [-0.3, -0.25) is 0 Å². The monoisotopic (exact) mass is 196 g/mol. The van der Waals surface area contributed by atoms with E-state index in [9.17, 15) is 4.79 Å². The van der Waals surface area contributed by atoms with E-state index in [1.54, 1.807) is 0 Å². The number of carbonyl (C=O) groups is 1. The molecule has 0 bridgehead atoms. The van der Waals surface area contributed by atoms with Crippen LogP contribution in [0.15, 0.2) is 30.3 Å². The van der Waals surface area contributed by atoms with Gasteiger partial charge in [0.1, 0.15) is 6.29 Å². The molecule has 0 aliphatic rings. The van der Waals surface area contributed by atoms with Gasteiger partial charge in [0, 0.05) is 0 Å². The summed E-state index contributed by atoms with van der Waals surface area (Å²) in [6.07, 6.45) is 3.53. The smallest absolute Gasteiger partial charge is 0.137 e. The number of halogens is 1. The molecule has 0 heterocycles. The lowest BCUT2D eigenvalue weighted by atomic mass is 10.1. The van der Waals surface area contributed by atoms with Crippen molar-refractivity contribution in [2.75, 3.05) is 0 Å². The zero-order valence-electron chi connectivity index (χ0n) is 7.45. The predicted octanol–water partition coefficient (Wildman–Crippen LogP) is 2.82. The zero-order valence-corrected chi connectivity index (χ0v) is 8.20. The molecule has 0 spiro atoms. The van der Waals surface area contributed by atoms with Gasteiger partial charge in [0.15, 0.2) is 0 Å². The summed E-state index contributed by atoms with van der Waals surface area (Å²) in [7, 11) is 0. The summed E-state index contributed by atoms with van der Waals surface area (Å²) in [6, 6.07) is 10.2. The molecule has 70 valence electrons. The average Bonchev–Trinajstić information content (AvgIpc) is 2.19. The second kappa shape index (κ2) is 5.76. The first-order chi connectivity index (χ1) is 6.33. The van der Waals surface area contributed by atoms with E-state index in [-0.39, 0.29) is 5.38 Å². The molecule has 0 saturated carbocycles. The Hall–Kier alpha value is -0.820. The molecule has 0 fully saturated rings. The maximum absolute atomic E-state index is 10.2. The minimum Gasteiger partial charge on any atom is -0.302 e. The lowest BCUT2D eigenvalue weighted by Gasteiger charge is -2.01. The van der Waals surface area contributed by atoms with Crippen molar-refractivity contribution >= 4 is 17.9 Å². The SMILES string of the molecule is O=CC(Cl)CCCc1ccccc1. The third-order valence-electron chi connectivity index (χ3n) is 1.94. The Balaban J connectivity index is 2.24. The molecule has 0 N–H and O–H groups in total. The van der Waals surface area contributed by atoms with Gasteiger partial charge in [0.05, 0.1) is 5.38 Å². The van der Waals surface area contributed by atoms with Crippen LogP contribution in [-0.2, 0) is 11.2 Å². The van der Waals surface area contributed by atoms with Crippen molar-refractivity contribution in [3.05, 3.63) is 35.9 Å². The number of benzene rings is 1. The standard InChI is InChI=1S/C11H13ClO/c12-11(9-13)8-4-7-10-5-2-1-3-6-10/h1-3,5-6,9,11H,4,7-8H2. The number of alkyl halides is 1. The predicted molar refractivity (Wildman–Crippen MR) is 55.1 cm³/mol. The van der Waals surface area contributed by atoms with Gasteiger partial charge in [-0.25, -0.2) is 0 Å². The normalized spacial score (nSPS) is 12.4. The van der Waals surface area contributed by atoms with Gasteiger partial charge in [-0.05, 0) is 24.8 Å². The Morgan fingerprint density at radius 2 is 2.00 bits per heavy atom. The van der Waals surface area contributed by atoms with Crippen molar-refractivity contribution in [1.82, 2.24) is 0 Å². The molecule has 1 aromatic carbocycles. The summed E-state index contributed by atoms with van der Waals surface area (Å²) < 4.78 is 0. The minimum atomic E-state index is -0.316. The van der Waals surface area contributed by atoms with E-state index in [0.29, 0.717) is 0 Å². The van der Waals surface area contributed by atoms with Crippen molar-refractivity contribution in [2.45, 2.75) is 24.6 Å². The highest BCUT2D eigenvalue weighted by atomic mass is 35.5. The maximum atomic E-state index is 10.2. The van der Waals surface area contributed by atoms with Crippen molar-refractivity contribution in [1.29, 1.82) is 0 Å². The van der Waals surface area contributed by atoms with Gasteiger partial charge < -0.3 is 4.79 Å². The van der Waals surface area contributed by atoms with Crippen LogP contribution in [0.2, 0.25) is 0 Å². The van der Waals surface area contributed by atoms with Crippen LogP contribution in [0.25, 0.3) is 0 Å². The van der Waals surface area contributed by atoms with Crippen LogP contribution in [0.3, 0.4) is 0 Å². The molecule has 0 aliphatic carbocycles. The maximum Gasteiger partial charge on any atom is 0.137 e. The molecular formula is C11H13ClO. The van der Waals surface area contributed by atoms with Crippen molar-refractivity contribution < 1.29 is 4.79 Å². The van der Waals surface area contributed by atoms with Gasteiger partial charge in [-0.15, -0.1) is 11.6 Å². The van der Waals surface area contributed by atoms with Crippen molar-refractivity contribution in [3.8, 4) is 0 Å². The van der Waals surface area contributed by atoms with E-state index in [1.165, 1.54) is 5.56 Å². The molecule has 0 saturated heterocycles. The highest BCUT2D eigenvalue weighted by molar-refractivity contribution is 6.27. The van der Waals surface area contributed by atoms with E-state index in [1.807, 2.05) is 18.2 Å². The molecule has 0 aliphatic heterocycles. The van der Waals surface area contributed by atoms with Gasteiger partial charge >= 0.3 is 0 Å². The topological polar surface area (TPSA) is 17.1 Å². The summed E-state index contributed by atoms with van der Waals surface area (Å²) in [5.41, 5.74) is 1.30. The van der Waals surface area contributed by atoms with Gasteiger partial charge in [-0.1, -0.05) is 30.3 Å². The summed E-state index contributed by atoms with van der Waals surface area (Å²) in [4.78, 5) is 10.2. The summed E-state index contributed by atoms with van der Waals surface area (Å²) in [5, 5.41) is -0.316. The van der Waals surface area contributed by atoms with E-state index in [4.69, 9.17) is 11.6 Å². The number of rotatable bonds is 5. The van der Waals surface area contributed by atoms with E-state index in [0.717, 1.165) is 25.5 Å². The summed E-state index contributed by atoms with van der Waals surface area (Å²) in [6.45, 7) is 0. The molecule has 1 atom stereocenters. The van der Waals surface area contributed by atoms with Gasteiger partial charge in [0.25, 0.3) is 0 Å². The summed E-state index contributed by atoms with van der Waals surface area (Å²) >= 11 is 5.66. The quantitative estimate of drug-likeness (QED) is 0.523.